The van der Waals surface area contributed by atoms with E-state index >= 15 is 0 Å². The molecule has 1 aromatic carbocycles. The third-order valence-electron chi connectivity index (χ3n) is 1.71. The zero-order valence-electron chi connectivity index (χ0n) is 9.26. The Labute approximate surface area is 116 Å². The van der Waals surface area contributed by atoms with Crippen molar-refractivity contribution in [2.75, 3.05) is 6.79 Å². The molecule has 0 fully saturated rings. The van der Waals surface area contributed by atoms with Crippen molar-refractivity contribution in [3.63, 3.8) is 0 Å². The summed E-state index contributed by atoms with van der Waals surface area (Å²) in [6.45, 7) is -0.957. The Balaban J connectivity index is 3.13. The average molecular weight is 352 g/mol. The maximum absolute atomic E-state index is 12.9. The van der Waals surface area contributed by atoms with Gasteiger partial charge in [-0.25, -0.2) is 13.1 Å². The number of hydrogen-bond donors (Lipinski definition) is 0. The minimum atomic E-state index is -4.80. The molecule has 0 unspecified atom stereocenters. The van der Waals surface area contributed by atoms with E-state index in [4.69, 9.17) is 0 Å². The summed E-state index contributed by atoms with van der Waals surface area (Å²) in [6, 6.07) is 1.72. The number of hydrogen-bond acceptors (Lipinski definition) is 6. The van der Waals surface area contributed by atoms with Gasteiger partial charge in [0.1, 0.15) is 10.7 Å². The summed E-state index contributed by atoms with van der Waals surface area (Å²) < 4.78 is 91.2. The van der Waals surface area contributed by atoms with E-state index in [1.54, 1.807) is 0 Å². The third kappa shape index (κ3) is 5.33. The molecule has 0 aromatic heterocycles. The highest BCUT2D eigenvalue weighted by Gasteiger charge is 2.33. The first-order chi connectivity index (χ1) is 9.15. The Kier molecular flexibility index (Phi) is 5.90. The highest BCUT2D eigenvalue weighted by molar-refractivity contribution is 8.00. The second-order valence-electron chi connectivity index (χ2n) is 3.03. The van der Waals surface area contributed by atoms with Crippen LogP contribution in [0.25, 0.3) is 0 Å². The summed E-state index contributed by atoms with van der Waals surface area (Å²) >= 11 is -0.796. The van der Waals surface area contributed by atoms with E-state index in [0.717, 1.165) is 0 Å². The Morgan fingerprint density at radius 2 is 1.95 bits per heavy atom. The van der Waals surface area contributed by atoms with Gasteiger partial charge in [0.2, 0.25) is 0 Å². The predicted octanol–water partition coefficient (Wildman–Crippen LogP) is 3.32. The van der Waals surface area contributed by atoms with Crippen molar-refractivity contribution in [3.8, 4) is 0 Å². The van der Waals surface area contributed by atoms with Crippen LogP contribution in [0.4, 0.5) is 17.6 Å². The molecular formula is C8H5F4O5PS2. The second kappa shape index (κ2) is 6.81. The molecule has 0 heterocycles. The Morgan fingerprint density at radius 3 is 2.50 bits per heavy atom. The van der Waals surface area contributed by atoms with Gasteiger partial charge in [0.05, 0.1) is 0 Å². The van der Waals surface area contributed by atoms with E-state index in [1.165, 1.54) is 0 Å². The molecule has 20 heavy (non-hydrogen) atoms. The maximum atomic E-state index is 12.9. The third-order valence-corrected chi connectivity index (χ3v) is 4.14. The van der Waals surface area contributed by atoms with Crippen LogP contribution in [0.2, 0.25) is 0 Å². The van der Waals surface area contributed by atoms with E-state index < -0.39 is 58.5 Å². The molecule has 0 saturated heterocycles. The van der Waals surface area contributed by atoms with E-state index in [-0.39, 0.29) is 0 Å². The van der Waals surface area contributed by atoms with Crippen molar-refractivity contribution in [1.29, 1.82) is 0 Å². The van der Waals surface area contributed by atoms with Crippen LogP contribution >= 0.6 is 20.4 Å². The van der Waals surface area contributed by atoms with Crippen LogP contribution in [0.15, 0.2) is 28.0 Å². The number of rotatable bonds is 6. The number of halogens is 4. The van der Waals surface area contributed by atoms with Gasteiger partial charge in [-0.05, 0) is 30.0 Å². The number of thioether (sulfide) groups is 1. The minimum Gasteiger partial charge on any atom is -0.265 e. The van der Waals surface area contributed by atoms with Crippen molar-refractivity contribution in [3.05, 3.63) is 24.0 Å². The van der Waals surface area contributed by atoms with Crippen molar-refractivity contribution in [1.82, 2.24) is 0 Å². The zero-order valence-corrected chi connectivity index (χ0v) is 11.8. The summed E-state index contributed by atoms with van der Waals surface area (Å²) in [4.78, 5) is -1.75. The van der Waals surface area contributed by atoms with Crippen LogP contribution in [0, 0.1) is 5.82 Å². The molecule has 0 bridgehead atoms. The lowest BCUT2D eigenvalue weighted by atomic mass is 10.3. The zero-order chi connectivity index (χ0) is 15.4. The van der Waals surface area contributed by atoms with Crippen molar-refractivity contribution >= 4 is 30.6 Å². The molecule has 0 amide bonds. The quantitative estimate of drug-likeness (QED) is 0.195. The summed E-state index contributed by atoms with van der Waals surface area (Å²) in [6.07, 6.45) is 0. The summed E-state index contributed by atoms with van der Waals surface area (Å²) in [5.41, 5.74) is -4.80. The molecular weight excluding hydrogens is 347 g/mol. The molecule has 0 aliphatic rings. The topological polar surface area (TPSA) is 69.7 Å². The largest absolute Gasteiger partial charge is 0.446 e. The van der Waals surface area contributed by atoms with E-state index in [2.05, 4.69) is 8.71 Å². The van der Waals surface area contributed by atoms with Gasteiger partial charge in [-0.3, -0.25) is 4.52 Å². The van der Waals surface area contributed by atoms with Gasteiger partial charge in [0, 0.05) is 4.90 Å². The SMILES string of the molecule is O=POCOS(=O)(=O)c1ccc(F)cc1SC(F)(F)F. The van der Waals surface area contributed by atoms with Gasteiger partial charge in [0.15, 0.2) is 6.79 Å². The van der Waals surface area contributed by atoms with Gasteiger partial charge in [-0.1, -0.05) is 0 Å². The molecule has 0 spiro atoms. The first-order valence-electron chi connectivity index (χ1n) is 4.55. The van der Waals surface area contributed by atoms with Gasteiger partial charge >= 0.3 is 14.2 Å². The summed E-state index contributed by atoms with van der Waals surface area (Å²) in [7, 11) is -5.47. The molecule has 0 N–H and O–H groups in total. The molecule has 1 rings (SSSR count). The molecule has 1 aromatic rings. The fourth-order valence-electron chi connectivity index (χ4n) is 1.06. The fraction of sp³-hybridized carbons (Fsp3) is 0.250. The Morgan fingerprint density at radius 1 is 1.30 bits per heavy atom. The lowest BCUT2D eigenvalue weighted by Gasteiger charge is -2.11. The number of alkyl halides is 3. The molecule has 0 saturated carbocycles. The molecule has 12 heteroatoms. The van der Waals surface area contributed by atoms with Crippen LogP contribution in [0.1, 0.15) is 0 Å². The standard InChI is InChI=1S/C8H5F4O5PS2/c9-5-1-2-7(6(3-5)19-8(10,11)12)20(14,15)17-4-16-18-13/h1-3H,4H2. The highest BCUT2D eigenvalue weighted by atomic mass is 32.2. The molecule has 0 aliphatic heterocycles. The van der Waals surface area contributed by atoms with Crippen molar-refractivity contribution < 1.29 is 39.3 Å². The van der Waals surface area contributed by atoms with E-state index in [0.29, 0.717) is 18.2 Å². The van der Waals surface area contributed by atoms with Crippen LogP contribution in [0.3, 0.4) is 0 Å². The summed E-state index contributed by atoms with van der Waals surface area (Å²) in [5, 5.41) is 0. The van der Waals surface area contributed by atoms with E-state index in [9.17, 15) is 30.5 Å². The smallest absolute Gasteiger partial charge is 0.265 e. The molecule has 112 valence electrons. The maximum Gasteiger partial charge on any atom is 0.446 e. The molecule has 5 nitrogen and oxygen atoms in total. The lowest BCUT2D eigenvalue weighted by molar-refractivity contribution is -0.0329. The van der Waals surface area contributed by atoms with Crippen LogP contribution in [-0.4, -0.2) is 20.7 Å². The highest BCUT2D eigenvalue weighted by Crippen LogP contribution is 2.40. The van der Waals surface area contributed by atoms with E-state index in [1.807, 2.05) is 0 Å². The van der Waals surface area contributed by atoms with Crippen LogP contribution < -0.4 is 0 Å². The van der Waals surface area contributed by atoms with Crippen LogP contribution in [0.5, 0.6) is 0 Å². The molecule has 0 radical (unpaired) electrons. The fourth-order valence-corrected chi connectivity index (χ4v) is 3.09. The molecule has 0 aliphatic carbocycles. The Hall–Kier alpha value is -0.740. The van der Waals surface area contributed by atoms with Crippen molar-refractivity contribution in [2.45, 2.75) is 15.3 Å². The van der Waals surface area contributed by atoms with Gasteiger partial charge in [-0.15, -0.1) is 0 Å². The second-order valence-corrected chi connectivity index (χ2v) is 6.13. The number of benzene rings is 1. The molecule has 0 atom stereocenters. The first kappa shape index (κ1) is 17.3. The van der Waals surface area contributed by atoms with Crippen molar-refractivity contribution in [2.24, 2.45) is 0 Å². The predicted molar refractivity (Wildman–Crippen MR) is 60.1 cm³/mol. The summed E-state index contributed by atoms with van der Waals surface area (Å²) in [5.74, 6) is -1.04. The monoisotopic (exact) mass is 352 g/mol. The first-order valence-corrected chi connectivity index (χ1v) is 7.50. The minimum absolute atomic E-state index is 0.418. The van der Waals surface area contributed by atoms with Gasteiger partial charge < -0.3 is 0 Å². The average Bonchev–Trinajstić information content (AvgIpc) is 2.26. The lowest BCUT2D eigenvalue weighted by Crippen LogP contribution is -2.10. The van der Waals surface area contributed by atoms with Gasteiger partial charge in [-0.2, -0.15) is 21.6 Å². The van der Waals surface area contributed by atoms with Crippen LogP contribution in [-0.2, 0) is 23.4 Å². The Bertz CT molecular complexity index is 589. The normalized spacial score (nSPS) is 12.8. The van der Waals surface area contributed by atoms with Gasteiger partial charge in [0.25, 0.3) is 10.1 Å².